The van der Waals surface area contributed by atoms with Crippen LogP contribution in [0.1, 0.15) is 30.3 Å². The van der Waals surface area contributed by atoms with Gasteiger partial charge in [-0.25, -0.2) is 9.97 Å². The first kappa shape index (κ1) is 18.2. The highest BCUT2D eigenvalue weighted by Gasteiger charge is 2.28. The van der Waals surface area contributed by atoms with E-state index in [1.165, 1.54) is 0 Å². The van der Waals surface area contributed by atoms with Gasteiger partial charge in [0.25, 0.3) is 5.91 Å². The number of benzene rings is 1. The Hall–Kier alpha value is -3.22. The van der Waals surface area contributed by atoms with Gasteiger partial charge in [-0.05, 0) is 31.9 Å². The van der Waals surface area contributed by atoms with Gasteiger partial charge in [0.05, 0.1) is 5.69 Å². The summed E-state index contributed by atoms with van der Waals surface area (Å²) in [6.45, 7) is 3.35. The molecule has 0 saturated carbocycles. The Morgan fingerprint density at radius 1 is 1.14 bits per heavy atom. The van der Waals surface area contributed by atoms with Crippen LogP contribution in [0.5, 0.6) is 5.75 Å². The number of nitrogens with zero attached hydrogens (tertiary/aromatic N) is 5. The third-order valence-electron chi connectivity index (χ3n) is 5.03. The summed E-state index contributed by atoms with van der Waals surface area (Å²) in [5, 5.41) is 0. The van der Waals surface area contributed by atoms with Crippen LogP contribution < -0.4 is 4.74 Å². The molecule has 0 aliphatic carbocycles. The zero-order valence-corrected chi connectivity index (χ0v) is 15.9. The van der Waals surface area contributed by atoms with Crippen molar-refractivity contribution in [1.29, 1.82) is 0 Å². The maximum absolute atomic E-state index is 12.7. The summed E-state index contributed by atoms with van der Waals surface area (Å²) in [5.74, 6) is 2.49. The minimum absolute atomic E-state index is 0.00203. The van der Waals surface area contributed by atoms with Crippen molar-refractivity contribution in [3.8, 4) is 11.6 Å². The molecule has 7 heteroatoms. The van der Waals surface area contributed by atoms with Crippen molar-refractivity contribution in [3.05, 3.63) is 66.6 Å². The van der Waals surface area contributed by atoms with Crippen LogP contribution in [-0.4, -0.2) is 50.0 Å². The smallest absolute Gasteiger partial charge is 0.260 e. The van der Waals surface area contributed by atoms with E-state index in [0.29, 0.717) is 12.3 Å². The number of aromatic nitrogens is 4. The summed E-state index contributed by atoms with van der Waals surface area (Å²) in [5.41, 5.74) is 0.907. The van der Waals surface area contributed by atoms with Crippen molar-refractivity contribution in [2.75, 3.05) is 19.7 Å². The molecule has 2 aromatic heterocycles. The molecule has 1 amide bonds. The number of rotatable bonds is 5. The van der Waals surface area contributed by atoms with E-state index in [1.54, 1.807) is 18.6 Å². The van der Waals surface area contributed by atoms with Gasteiger partial charge in [0.15, 0.2) is 12.4 Å². The molecular formula is C21H23N5O2. The first-order chi connectivity index (χ1) is 13.7. The lowest BCUT2D eigenvalue weighted by Gasteiger charge is -2.33. The van der Waals surface area contributed by atoms with Crippen molar-refractivity contribution in [2.45, 2.75) is 25.7 Å². The number of carbonyl (C=O) groups excluding carboxylic acids is 1. The molecule has 3 aromatic rings. The number of amides is 1. The molecule has 7 nitrogen and oxygen atoms in total. The van der Waals surface area contributed by atoms with E-state index in [-0.39, 0.29) is 18.4 Å². The van der Waals surface area contributed by atoms with E-state index in [1.807, 2.05) is 52.9 Å². The number of likely N-dealkylation sites (tertiary alicyclic amines) is 1. The van der Waals surface area contributed by atoms with Crippen molar-refractivity contribution < 1.29 is 9.53 Å². The molecule has 28 heavy (non-hydrogen) atoms. The molecule has 1 saturated heterocycles. The quantitative estimate of drug-likeness (QED) is 0.684. The van der Waals surface area contributed by atoms with Gasteiger partial charge in [0.1, 0.15) is 11.6 Å². The van der Waals surface area contributed by atoms with E-state index in [9.17, 15) is 4.79 Å². The second kappa shape index (κ2) is 8.21. The summed E-state index contributed by atoms with van der Waals surface area (Å²) < 4.78 is 7.57. The fraction of sp³-hybridized carbons (Fsp3) is 0.333. The van der Waals surface area contributed by atoms with Crippen LogP contribution >= 0.6 is 0 Å². The van der Waals surface area contributed by atoms with E-state index in [4.69, 9.17) is 4.74 Å². The molecule has 1 atom stereocenters. The minimum Gasteiger partial charge on any atom is -0.484 e. The summed E-state index contributed by atoms with van der Waals surface area (Å²) >= 11 is 0. The largest absolute Gasteiger partial charge is 0.484 e. The van der Waals surface area contributed by atoms with Gasteiger partial charge in [-0.15, -0.1) is 0 Å². The molecule has 0 radical (unpaired) electrons. The molecule has 0 bridgehead atoms. The molecular weight excluding hydrogens is 354 g/mol. The molecule has 1 fully saturated rings. The molecule has 0 N–H and O–H groups in total. The second-order valence-corrected chi connectivity index (χ2v) is 6.89. The van der Waals surface area contributed by atoms with Gasteiger partial charge < -0.3 is 9.64 Å². The molecule has 0 spiro atoms. The summed E-state index contributed by atoms with van der Waals surface area (Å²) in [6.07, 6.45) is 8.96. The molecule has 1 aliphatic heterocycles. The van der Waals surface area contributed by atoms with Crippen LogP contribution in [-0.2, 0) is 4.79 Å². The van der Waals surface area contributed by atoms with E-state index in [2.05, 4.69) is 15.0 Å². The first-order valence-electron chi connectivity index (χ1n) is 9.49. The molecule has 1 aliphatic rings. The Morgan fingerprint density at radius 2 is 1.96 bits per heavy atom. The van der Waals surface area contributed by atoms with E-state index < -0.39 is 0 Å². The summed E-state index contributed by atoms with van der Waals surface area (Å²) in [6, 6.07) is 9.41. The first-order valence-corrected chi connectivity index (χ1v) is 9.49. The Kier molecular flexibility index (Phi) is 5.32. The number of hydrogen-bond donors (Lipinski definition) is 0. The molecule has 4 rings (SSSR count). The van der Waals surface area contributed by atoms with Gasteiger partial charge in [0.2, 0.25) is 0 Å². The molecule has 1 aromatic carbocycles. The van der Waals surface area contributed by atoms with Crippen LogP contribution in [0.2, 0.25) is 0 Å². The van der Waals surface area contributed by atoms with Crippen molar-refractivity contribution in [2.24, 2.45) is 0 Å². The van der Waals surface area contributed by atoms with Crippen LogP contribution in [0.4, 0.5) is 0 Å². The highest BCUT2D eigenvalue weighted by Crippen LogP contribution is 2.29. The average Bonchev–Trinajstić information content (AvgIpc) is 3.18. The minimum atomic E-state index is -0.00203. The lowest BCUT2D eigenvalue weighted by Crippen LogP contribution is -2.42. The SMILES string of the molecule is Cc1nccn1-c1nccnc1[C@H]1CCCN(C(=O)COc2ccccc2)C1. The average molecular weight is 377 g/mol. The standard InChI is InChI=1S/C21H23N5O2/c1-16-22-11-13-26(16)21-20(23-9-10-24-21)17-6-5-12-25(14-17)19(27)15-28-18-7-3-2-4-8-18/h2-4,7-11,13,17H,5-6,12,14-15H2,1H3/t17-/m0/s1. The van der Waals surface area contributed by atoms with Gasteiger partial charge in [-0.1, -0.05) is 18.2 Å². The van der Waals surface area contributed by atoms with Crippen molar-refractivity contribution in [3.63, 3.8) is 0 Å². The third-order valence-corrected chi connectivity index (χ3v) is 5.03. The number of para-hydroxylation sites is 1. The van der Waals surface area contributed by atoms with E-state index in [0.717, 1.165) is 36.7 Å². The third kappa shape index (κ3) is 3.88. The van der Waals surface area contributed by atoms with Gasteiger partial charge in [-0.3, -0.25) is 14.3 Å². The predicted molar refractivity (Wildman–Crippen MR) is 104 cm³/mol. The molecule has 144 valence electrons. The maximum Gasteiger partial charge on any atom is 0.260 e. The zero-order valence-electron chi connectivity index (χ0n) is 15.9. The summed E-state index contributed by atoms with van der Waals surface area (Å²) in [4.78, 5) is 28.0. The van der Waals surface area contributed by atoms with Crippen LogP contribution in [0.3, 0.4) is 0 Å². The number of imidazole rings is 1. The Morgan fingerprint density at radius 3 is 2.75 bits per heavy atom. The van der Waals surface area contributed by atoms with E-state index >= 15 is 0 Å². The Bertz CT molecular complexity index is 941. The number of ether oxygens (including phenoxy) is 1. The van der Waals surface area contributed by atoms with Gasteiger partial charge in [-0.2, -0.15) is 0 Å². The normalized spacial score (nSPS) is 16.8. The molecule has 0 unspecified atom stereocenters. The molecule has 3 heterocycles. The highest BCUT2D eigenvalue weighted by atomic mass is 16.5. The van der Waals surface area contributed by atoms with Crippen LogP contribution in [0, 0.1) is 6.92 Å². The lowest BCUT2D eigenvalue weighted by molar-refractivity contribution is -0.134. The number of carbonyl (C=O) groups is 1. The summed E-state index contributed by atoms with van der Waals surface area (Å²) in [7, 11) is 0. The highest BCUT2D eigenvalue weighted by molar-refractivity contribution is 5.78. The fourth-order valence-electron chi connectivity index (χ4n) is 3.60. The topological polar surface area (TPSA) is 73.1 Å². The maximum atomic E-state index is 12.7. The van der Waals surface area contributed by atoms with Crippen LogP contribution in [0.15, 0.2) is 55.1 Å². The van der Waals surface area contributed by atoms with Gasteiger partial charge in [0, 0.05) is 43.8 Å². The number of aryl methyl sites for hydroxylation is 1. The Labute approximate surface area is 164 Å². The van der Waals surface area contributed by atoms with Crippen LogP contribution in [0.25, 0.3) is 5.82 Å². The zero-order chi connectivity index (χ0) is 19.3. The predicted octanol–water partition coefficient (Wildman–Crippen LogP) is 2.76. The van der Waals surface area contributed by atoms with Crippen molar-refractivity contribution in [1.82, 2.24) is 24.4 Å². The monoisotopic (exact) mass is 377 g/mol. The lowest BCUT2D eigenvalue weighted by atomic mass is 9.94. The number of piperidine rings is 1. The van der Waals surface area contributed by atoms with Crippen molar-refractivity contribution >= 4 is 5.91 Å². The fourth-order valence-corrected chi connectivity index (χ4v) is 3.60. The Balaban J connectivity index is 1.47. The second-order valence-electron chi connectivity index (χ2n) is 6.89. The number of hydrogen-bond acceptors (Lipinski definition) is 5. The van der Waals surface area contributed by atoms with Gasteiger partial charge >= 0.3 is 0 Å².